The van der Waals surface area contributed by atoms with Gasteiger partial charge in [-0.05, 0) is 43.5 Å². The lowest BCUT2D eigenvalue weighted by Crippen LogP contribution is -1.95. The molecule has 0 aliphatic heterocycles. The third-order valence-electron chi connectivity index (χ3n) is 1.87. The summed E-state index contributed by atoms with van der Waals surface area (Å²) in [4.78, 5) is 10.7. The van der Waals surface area contributed by atoms with Gasteiger partial charge < -0.3 is 4.79 Å². The maximum Gasteiger partial charge on any atom is 0.130 e. The van der Waals surface area contributed by atoms with Crippen LogP contribution in [-0.4, -0.2) is 5.78 Å². The summed E-state index contributed by atoms with van der Waals surface area (Å²) in [6.07, 6.45) is 1.12. The summed E-state index contributed by atoms with van der Waals surface area (Å²) in [6.45, 7) is 3.40. The number of hydrogen-bond donors (Lipinski definition) is 0. The Labute approximate surface area is 77.6 Å². The predicted molar refractivity (Wildman–Crippen MR) is 50.1 cm³/mol. The average molecular weight is 180 g/mol. The van der Waals surface area contributed by atoms with Crippen LogP contribution >= 0.6 is 0 Å². The highest BCUT2D eigenvalue weighted by atomic mass is 19.1. The molecule has 0 aliphatic rings. The molecule has 70 valence electrons. The molecule has 2 heteroatoms. The maximum absolute atomic E-state index is 12.9. The molecule has 0 saturated heterocycles. The number of ketones is 1. The van der Waals surface area contributed by atoms with Gasteiger partial charge >= 0.3 is 0 Å². The molecule has 0 bridgehead atoms. The zero-order valence-electron chi connectivity index (χ0n) is 7.93. The van der Waals surface area contributed by atoms with Crippen LogP contribution in [0.1, 0.15) is 24.5 Å². The van der Waals surface area contributed by atoms with Crippen molar-refractivity contribution in [3.05, 3.63) is 35.1 Å². The molecule has 0 unspecified atom stereocenters. The molecule has 1 aromatic carbocycles. The van der Waals surface area contributed by atoms with E-state index in [9.17, 15) is 9.18 Å². The minimum absolute atomic E-state index is 0.141. The Morgan fingerprint density at radius 1 is 1.38 bits per heavy atom. The van der Waals surface area contributed by atoms with Gasteiger partial charge in [-0.1, -0.05) is 6.07 Å². The second-order valence-electron chi connectivity index (χ2n) is 3.34. The topological polar surface area (TPSA) is 17.1 Å². The number of Topliss-reactive ketones (excluding diaryl/α,β-unsaturated/α-hetero) is 1. The van der Waals surface area contributed by atoms with Gasteiger partial charge in [0.1, 0.15) is 11.6 Å². The van der Waals surface area contributed by atoms with E-state index >= 15 is 0 Å². The summed E-state index contributed by atoms with van der Waals surface area (Å²) in [5, 5.41) is 0. The van der Waals surface area contributed by atoms with Gasteiger partial charge in [0.15, 0.2) is 0 Å². The fraction of sp³-hybridized carbons (Fsp3) is 0.364. The fourth-order valence-corrected chi connectivity index (χ4v) is 1.28. The summed E-state index contributed by atoms with van der Waals surface area (Å²) >= 11 is 0. The molecule has 1 nitrogen and oxygen atoms in total. The third kappa shape index (κ3) is 3.36. The monoisotopic (exact) mass is 180 g/mol. The highest BCUT2D eigenvalue weighted by Gasteiger charge is 1.99. The lowest BCUT2D eigenvalue weighted by Gasteiger charge is -2.01. The van der Waals surface area contributed by atoms with Crippen molar-refractivity contribution >= 4 is 5.78 Å². The molecule has 0 aliphatic carbocycles. The van der Waals surface area contributed by atoms with Crippen LogP contribution in [0.5, 0.6) is 0 Å². The van der Waals surface area contributed by atoms with E-state index in [4.69, 9.17) is 0 Å². The van der Waals surface area contributed by atoms with Gasteiger partial charge in [-0.3, -0.25) is 0 Å². The summed E-state index contributed by atoms with van der Waals surface area (Å²) in [7, 11) is 0. The van der Waals surface area contributed by atoms with Gasteiger partial charge in [0.25, 0.3) is 0 Å². The normalized spacial score (nSPS) is 10.1. The Morgan fingerprint density at radius 2 is 2.08 bits per heavy atom. The molecule has 0 spiro atoms. The summed E-state index contributed by atoms with van der Waals surface area (Å²) in [5.41, 5.74) is 1.80. The van der Waals surface area contributed by atoms with Crippen molar-refractivity contribution < 1.29 is 9.18 Å². The Kier molecular flexibility index (Phi) is 3.18. The van der Waals surface area contributed by atoms with Gasteiger partial charge in [0, 0.05) is 6.42 Å². The Hall–Kier alpha value is -1.18. The first kappa shape index (κ1) is 9.90. The van der Waals surface area contributed by atoms with Crippen molar-refractivity contribution in [3.8, 4) is 0 Å². The first-order valence-electron chi connectivity index (χ1n) is 4.33. The van der Waals surface area contributed by atoms with Crippen molar-refractivity contribution in [2.45, 2.75) is 26.7 Å². The highest BCUT2D eigenvalue weighted by Crippen LogP contribution is 2.10. The molecule has 0 radical (unpaired) electrons. The molecule has 0 amide bonds. The van der Waals surface area contributed by atoms with Gasteiger partial charge in [-0.25, -0.2) is 4.39 Å². The first-order chi connectivity index (χ1) is 6.08. The molecule has 1 aromatic rings. The summed E-state index contributed by atoms with van der Waals surface area (Å²) in [5.74, 6) is -0.0829. The highest BCUT2D eigenvalue weighted by molar-refractivity contribution is 5.75. The molecular weight excluding hydrogens is 167 g/mol. The van der Waals surface area contributed by atoms with E-state index in [-0.39, 0.29) is 11.6 Å². The number of hydrogen-bond acceptors (Lipinski definition) is 1. The van der Waals surface area contributed by atoms with Crippen LogP contribution in [0.2, 0.25) is 0 Å². The van der Waals surface area contributed by atoms with Crippen molar-refractivity contribution in [2.24, 2.45) is 0 Å². The number of rotatable bonds is 3. The SMILES string of the molecule is CC(=O)CCc1cc(C)cc(F)c1. The molecule has 0 N–H and O–H groups in total. The largest absolute Gasteiger partial charge is 0.300 e. The molecule has 0 heterocycles. The lowest BCUT2D eigenvalue weighted by molar-refractivity contribution is -0.116. The van der Waals surface area contributed by atoms with Crippen LogP contribution in [0.25, 0.3) is 0 Å². The minimum atomic E-state index is -0.224. The zero-order valence-corrected chi connectivity index (χ0v) is 7.93. The minimum Gasteiger partial charge on any atom is -0.300 e. The van der Waals surface area contributed by atoms with E-state index in [0.717, 1.165) is 11.1 Å². The van der Waals surface area contributed by atoms with Crippen LogP contribution in [0.15, 0.2) is 18.2 Å². The molecule has 0 fully saturated rings. The Morgan fingerprint density at radius 3 is 2.62 bits per heavy atom. The number of halogens is 1. The molecule has 0 aromatic heterocycles. The van der Waals surface area contributed by atoms with E-state index in [1.807, 2.05) is 13.0 Å². The average Bonchev–Trinajstić information content (AvgIpc) is 1.99. The van der Waals surface area contributed by atoms with E-state index in [0.29, 0.717) is 12.8 Å². The third-order valence-corrected chi connectivity index (χ3v) is 1.87. The summed E-state index contributed by atoms with van der Waals surface area (Å²) < 4.78 is 12.9. The van der Waals surface area contributed by atoms with Crippen LogP contribution in [0.4, 0.5) is 4.39 Å². The Bertz CT molecular complexity index is 298. The molecular formula is C11H13FO. The smallest absolute Gasteiger partial charge is 0.130 e. The molecule has 0 atom stereocenters. The standard InChI is InChI=1S/C11H13FO/c1-8-5-10(4-3-9(2)13)7-11(12)6-8/h5-7H,3-4H2,1-2H3. The second kappa shape index (κ2) is 4.17. The molecule has 13 heavy (non-hydrogen) atoms. The van der Waals surface area contributed by atoms with Crippen LogP contribution in [0, 0.1) is 12.7 Å². The number of carbonyl (C=O) groups excluding carboxylic acids is 1. The van der Waals surface area contributed by atoms with Gasteiger partial charge in [-0.2, -0.15) is 0 Å². The van der Waals surface area contributed by atoms with Crippen molar-refractivity contribution in [1.29, 1.82) is 0 Å². The van der Waals surface area contributed by atoms with E-state index in [1.54, 1.807) is 6.92 Å². The number of carbonyl (C=O) groups is 1. The van der Waals surface area contributed by atoms with E-state index in [2.05, 4.69) is 0 Å². The van der Waals surface area contributed by atoms with Crippen molar-refractivity contribution in [1.82, 2.24) is 0 Å². The zero-order chi connectivity index (χ0) is 9.84. The number of aryl methyl sites for hydroxylation is 2. The lowest BCUT2D eigenvalue weighted by atomic mass is 10.1. The van der Waals surface area contributed by atoms with Gasteiger partial charge in [-0.15, -0.1) is 0 Å². The fourth-order valence-electron chi connectivity index (χ4n) is 1.28. The van der Waals surface area contributed by atoms with Crippen LogP contribution < -0.4 is 0 Å². The van der Waals surface area contributed by atoms with Crippen molar-refractivity contribution in [3.63, 3.8) is 0 Å². The second-order valence-corrected chi connectivity index (χ2v) is 3.34. The molecule has 1 rings (SSSR count). The van der Waals surface area contributed by atoms with E-state index < -0.39 is 0 Å². The Balaban J connectivity index is 2.71. The molecule has 0 saturated carbocycles. The van der Waals surface area contributed by atoms with Gasteiger partial charge in [0.2, 0.25) is 0 Å². The predicted octanol–water partition coefficient (Wildman–Crippen LogP) is 2.66. The van der Waals surface area contributed by atoms with E-state index in [1.165, 1.54) is 12.1 Å². The first-order valence-corrected chi connectivity index (χ1v) is 4.33. The summed E-state index contributed by atoms with van der Waals surface area (Å²) in [6, 6.07) is 4.87. The number of benzene rings is 1. The quantitative estimate of drug-likeness (QED) is 0.698. The van der Waals surface area contributed by atoms with Crippen molar-refractivity contribution in [2.75, 3.05) is 0 Å². The van der Waals surface area contributed by atoms with Crippen LogP contribution in [-0.2, 0) is 11.2 Å². The van der Waals surface area contributed by atoms with Crippen LogP contribution in [0.3, 0.4) is 0 Å². The maximum atomic E-state index is 12.9. The van der Waals surface area contributed by atoms with Gasteiger partial charge in [0.05, 0.1) is 0 Å².